The number of carbonyl (C=O) groups is 3. The molecule has 3 rings (SSSR count). The van der Waals surface area contributed by atoms with Crippen molar-refractivity contribution < 1.29 is 19.1 Å². The monoisotopic (exact) mass is 415 g/mol. The van der Waals surface area contributed by atoms with Crippen LogP contribution >= 0.6 is 11.8 Å². The molecule has 1 unspecified atom stereocenters. The molecule has 1 heterocycles. The van der Waals surface area contributed by atoms with Crippen molar-refractivity contribution in [3.8, 4) is 0 Å². The quantitative estimate of drug-likeness (QED) is 0.539. The van der Waals surface area contributed by atoms with Crippen LogP contribution in [0.5, 0.6) is 0 Å². The molecule has 1 saturated carbocycles. The Balaban J connectivity index is 1.48. The molecule has 0 radical (unpaired) electrons. The number of rotatable bonds is 7. The van der Waals surface area contributed by atoms with E-state index in [0.29, 0.717) is 23.0 Å². The standard InChI is InChI=1S/C21H25N3O4S/c1-2-3-12-28-20(27)14-8-10-15(11-9-14)22-18(25)13-29-21-23-17-7-5-4-6-16(17)19(26)24-21/h8-11,16H,2-7,12-13H2,1H3,(H,22,25). The highest BCUT2D eigenvalue weighted by atomic mass is 32.2. The van der Waals surface area contributed by atoms with Gasteiger partial charge in [0.2, 0.25) is 5.91 Å². The van der Waals surface area contributed by atoms with Crippen LogP contribution in [0, 0.1) is 5.92 Å². The third-order valence-corrected chi connectivity index (χ3v) is 5.64. The number of thioether (sulfide) groups is 1. The number of amides is 2. The van der Waals surface area contributed by atoms with Crippen LogP contribution < -0.4 is 5.32 Å². The van der Waals surface area contributed by atoms with Crippen molar-refractivity contribution in [2.24, 2.45) is 15.9 Å². The summed E-state index contributed by atoms with van der Waals surface area (Å²) in [5.74, 6) is -0.788. The summed E-state index contributed by atoms with van der Waals surface area (Å²) in [6.07, 6.45) is 5.52. The van der Waals surface area contributed by atoms with Crippen LogP contribution in [0.4, 0.5) is 5.69 Å². The second-order valence-electron chi connectivity index (χ2n) is 7.04. The van der Waals surface area contributed by atoms with Gasteiger partial charge in [0.1, 0.15) is 0 Å². The Labute approximate surface area is 174 Å². The third-order valence-electron chi connectivity index (χ3n) is 4.79. The van der Waals surface area contributed by atoms with Crippen molar-refractivity contribution in [2.45, 2.75) is 45.4 Å². The number of fused-ring (bicyclic) bond motifs is 1. The molecule has 0 saturated heterocycles. The number of carbonyl (C=O) groups excluding carboxylic acids is 3. The summed E-state index contributed by atoms with van der Waals surface area (Å²) >= 11 is 1.16. The number of anilines is 1. The third kappa shape index (κ3) is 6.00. The minimum atomic E-state index is -0.369. The van der Waals surface area contributed by atoms with Gasteiger partial charge in [0.15, 0.2) is 5.17 Å². The summed E-state index contributed by atoms with van der Waals surface area (Å²) in [7, 11) is 0. The maximum absolute atomic E-state index is 12.2. The van der Waals surface area contributed by atoms with E-state index in [0.717, 1.165) is 56.0 Å². The molecule has 1 aromatic rings. The predicted octanol–water partition coefficient (Wildman–Crippen LogP) is 3.84. The molecule has 2 aliphatic rings. The van der Waals surface area contributed by atoms with Crippen molar-refractivity contribution in [1.29, 1.82) is 0 Å². The van der Waals surface area contributed by atoms with Crippen molar-refractivity contribution in [3.05, 3.63) is 29.8 Å². The average molecular weight is 416 g/mol. The number of amidine groups is 1. The summed E-state index contributed by atoms with van der Waals surface area (Å²) in [6, 6.07) is 6.56. The van der Waals surface area contributed by atoms with E-state index < -0.39 is 0 Å². The lowest BCUT2D eigenvalue weighted by Crippen LogP contribution is -2.30. The second-order valence-corrected chi connectivity index (χ2v) is 7.98. The van der Waals surface area contributed by atoms with Gasteiger partial charge in [-0.2, -0.15) is 4.99 Å². The van der Waals surface area contributed by atoms with Gasteiger partial charge in [-0.05, 0) is 49.9 Å². The number of benzene rings is 1. The van der Waals surface area contributed by atoms with Crippen LogP contribution in [-0.4, -0.2) is 41.0 Å². The van der Waals surface area contributed by atoms with Gasteiger partial charge in [0, 0.05) is 11.4 Å². The van der Waals surface area contributed by atoms with E-state index in [1.807, 2.05) is 6.92 Å². The average Bonchev–Trinajstić information content (AvgIpc) is 2.73. The fourth-order valence-electron chi connectivity index (χ4n) is 3.19. The lowest BCUT2D eigenvalue weighted by atomic mass is 9.86. The fraction of sp³-hybridized carbons (Fsp3) is 0.476. The number of aliphatic imine (C=N–C) groups is 2. The van der Waals surface area contributed by atoms with E-state index in [1.165, 1.54) is 0 Å². The number of esters is 1. The van der Waals surface area contributed by atoms with Crippen molar-refractivity contribution >= 4 is 46.1 Å². The molecule has 29 heavy (non-hydrogen) atoms. The molecule has 1 aliphatic carbocycles. The fourth-order valence-corrected chi connectivity index (χ4v) is 3.86. The molecule has 154 valence electrons. The van der Waals surface area contributed by atoms with Gasteiger partial charge in [-0.3, -0.25) is 9.59 Å². The van der Waals surface area contributed by atoms with Crippen molar-refractivity contribution in [3.63, 3.8) is 0 Å². The minimum Gasteiger partial charge on any atom is -0.462 e. The van der Waals surface area contributed by atoms with Crippen LogP contribution in [-0.2, 0) is 14.3 Å². The molecule has 8 heteroatoms. The predicted molar refractivity (Wildman–Crippen MR) is 115 cm³/mol. The van der Waals surface area contributed by atoms with Crippen LogP contribution in [0.1, 0.15) is 55.8 Å². The molecule has 1 N–H and O–H groups in total. The Morgan fingerprint density at radius 3 is 2.76 bits per heavy atom. The van der Waals surface area contributed by atoms with E-state index in [4.69, 9.17) is 4.74 Å². The van der Waals surface area contributed by atoms with Gasteiger partial charge in [-0.15, -0.1) is 0 Å². The largest absolute Gasteiger partial charge is 0.462 e. The second kappa shape index (κ2) is 10.3. The number of unbranched alkanes of at least 4 members (excludes halogenated alkanes) is 1. The summed E-state index contributed by atoms with van der Waals surface area (Å²) in [6.45, 7) is 2.43. The van der Waals surface area contributed by atoms with Gasteiger partial charge in [0.25, 0.3) is 5.91 Å². The zero-order chi connectivity index (χ0) is 20.6. The Kier molecular flexibility index (Phi) is 7.57. The summed E-state index contributed by atoms with van der Waals surface area (Å²) < 4.78 is 5.16. The van der Waals surface area contributed by atoms with E-state index in [9.17, 15) is 14.4 Å². The minimum absolute atomic E-state index is 0.106. The first-order chi connectivity index (χ1) is 14.1. The van der Waals surface area contributed by atoms with Crippen LogP contribution in [0.3, 0.4) is 0 Å². The Hall–Kier alpha value is -2.48. The van der Waals surface area contributed by atoms with Gasteiger partial charge in [-0.25, -0.2) is 9.79 Å². The lowest BCUT2D eigenvalue weighted by Gasteiger charge is -2.24. The zero-order valence-corrected chi connectivity index (χ0v) is 17.3. The molecule has 7 nitrogen and oxygen atoms in total. The van der Waals surface area contributed by atoms with E-state index in [-0.39, 0.29) is 29.5 Å². The SMILES string of the molecule is CCCCOC(=O)c1ccc(NC(=O)CSC2=NC(=O)C3CCCCC3=N2)cc1. The zero-order valence-electron chi connectivity index (χ0n) is 16.5. The van der Waals surface area contributed by atoms with Crippen molar-refractivity contribution in [1.82, 2.24) is 0 Å². The first-order valence-corrected chi connectivity index (χ1v) is 10.9. The molecule has 1 fully saturated rings. The summed E-state index contributed by atoms with van der Waals surface area (Å²) in [5.41, 5.74) is 1.93. The number of nitrogens with zero attached hydrogens (tertiary/aromatic N) is 2. The van der Waals surface area contributed by atoms with Gasteiger partial charge >= 0.3 is 5.97 Å². The molecule has 2 amide bonds. The normalized spacial score (nSPS) is 18.4. The maximum Gasteiger partial charge on any atom is 0.338 e. The van der Waals surface area contributed by atoms with Crippen LogP contribution in [0.25, 0.3) is 0 Å². The number of hydrogen-bond acceptors (Lipinski definition) is 6. The first-order valence-electron chi connectivity index (χ1n) is 9.96. The van der Waals surface area contributed by atoms with Crippen molar-refractivity contribution in [2.75, 3.05) is 17.7 Å². The maximum atomic E-state index is 12.2. The summed E-state index contributed by atoms with van der Waals surface area (Å²) in [5, 5.41) is 3.13. The molecule has 0 bridgehead atoms. The van der Waals surface area contributed by atoms with Gasteiger partial charge in [-0.1, -0.05) is 31.5 Å². The highest BCUT2D eigenvalue weighted by Crippen LogP contribution is 2.27. The van der Waals surface area contributed by atoms with Crippen LogP contribution in [0.2, 0.25) is 0 Å². The van der Waals surface area contributed by atoms with E-state index in [1.54, 1.807) is 24.3 Å². The van der Waals surface area contributed by atoms with Gasteiger partial charge in [0.05, 0.1) is 23.8 Å². The van der Waals surface area contributed by atoms with Gasteiger partial charge < -0.3 is 10.1 Å². The Bertz CT molecular complexity index is 833. The smallest absolute Gasteiger partial charge is 0.338 e. The van der Waals surface area contributed by atoms with Crippen LogP contribution in [0.15, 0.2) is 34.3 Å². The van der Waals surface area contributed by atoms with E-state index >= 15 is 0 Å². The number of nitrogens with one attached hydrogen (secondary N) is 1. The molecule has 1 atom stereocenters. The molecule has 1 aliphatic heterocycles. The van der Waals surface area contributed by atoms with E-state index in [2.05, 4.69) is 15.3 Å². The summed E-state index contributed by atoms with van der Waals surface area (Å²) in [4.78, 5) is 44.7. The Morgan fingerprint density at radius 2 is 2.00 bits per heavy atom. The Morgan fingerprint density at radius 1 is 1.21 bits per heavy atom. The molecule has 1 aromatic carbocycles. The lowest BCUT2D eigenvalue weighted by molar-refractivity contribution is -0.120. The highest BCUT2D eigenvalue weighted by Gasteiger charge is 2.30. The number of hydrogen-bond donors (Lipinski definition) is 1. The molecular weight excluding hydrogens is 390 g/mol. The molecule has 0 aromatic heterocycles. The highest BCUT2D eigenvalue weighted by molar-refractivity contribution is 8.14. The number of ether oxygens (including phenoxy) is 1. The molecular formula is C21H25N3O4S. The molecule has 0 spiro atoms. The first kappa shape index (κ1) is 21.2. The topological polar surface area (TPSA) is 97.2 Å².